The molecule has 174 valence electrons. The third-order valence-electron chi connectivity index (χ3n) is 5.17. The second kappa shape index (κ2) is 9.36. The summed E-state index contributed by atoms with van der Waals surface area (Å²) in [5.74, 6) is -0.672. The summed E-state index contributed by atoms with van der Waals surface area (Å²) in [6, 6.07) is 15.6. The van der Waals surface area contributed by atoms with Crippen molar-refractivity contribution in [3.05, 3.63) is 84.2 Å². The maximum absolute atomic E-state index is 13.8. The normalized spacial score (nSPS) is 11.2. The fourth-order valence-corrected chi connectivity index (χ4v) is 4.90. The maximum Gasteiger partial charge on any atom is 0.339 e. The van der Waals surface area contributed by atoms with Crippen LogP contribution < -0.4 is 13.8 Å². The highest BCUT2D eigenvalue weighted by molar-refractivity contribution is 7.92. The van der Waals surface area contributed by atoms with Crippen LogP contribution in [0.3, 0.4) is 0 Å². The number of fused-ring (bicyclic) bond motifs is 1. The van der Waals surface area contributed by atoms with Crippen molar-refractivity contribution in [2.75, 3.05) is 18.5 Å². The number of hydrogen-bond donors (Lipinski definition) is 1. The van der Waals surface area contributed by atoms with E-state index in [-0.39, 0.29) is 22.8 Å². The Morgan fingerprint density at radius 2 is 1.79 bits per heavy atom. The molecule has 0 radical (unpaired) electrons. The Balaban J connectivity index is 1.97. The van der Waals surface area contributed by atoms with Gasteiger partial charge in [-0.2, -0.15) is 0 Å². The zero-order valence-electron chi connectivity index (χ0n) is 18.4. The highest BCUT2D eigenvalue weighted by Crippen LogP contribution is 2.33. The van der Waals surface area contributed by atoms with E-state index in [0.717, 1.165) is 4.31 Å². The van der Waals surface area contributed by atoms with Gasteiger partial charge in [0, 0.05) is 17.8 Å². The summed E-state index contributed by atoms with van der Waals surface area (Å²) in [6.07, 6.45) is 3.08. The van der Waals surface area contributed by atoms with Gasteiger partial charge in [0.15, 0.2) is 5.82 Å². The van der Waals surface area contributed by atoms with Crippen LogP contribution in [-0.4, -0.2) is 43.7 Å². The quantitative estimate of drug-likeness (QED) is 0.406. The molecular weight excluding hydrogens is 458 g/mol. The number of carbonyl (C=O) groups is 1. The Kier molecular flexibility index (Phi) is 6.33. The highest BCUT2D eigenvalue weighted by Gasteiger charge is 2.31. The first-order valence-electron chi connectivity index (χ1n) is 10.1. The average Bonchev–Trinajstić information content (AvgIpc) is 2.86. The largest absolute Gasteiger partial charge is 0.497 e. The van der Waals surface area contributed by atoms with Crippen LogP contribution in [0.15, 0.2) is 78.0 Å². The number of para-hydroxylation sites is 1. The molecule has 2 heterocycles. The first kappa shape index (κ1) is 23.0. The van der Waals surface area contributed by atoms with E-state index in [1.807, 2.05) is 0 Å². The topological polar surface area (TPSA) is 119 Å². The molecule has 0 spiro atoms. The van der Waals surface area contributed by atoms with Crippen molar-refractivity contribution < 1.29 is 27.8 Å². The van der Waals surface area contributed by atoms with Crippen LogP contribution in [0.5, 0.6) is 11.5 Å². The summed E-state index contributed by atoms with van der Waals surface area (Å²) in [5.41, 5.74) is 0.630. The van der Waals surface area contributed by atoms with Crippen LogP contribution in [-0.2, 0) is 16.6 Å². The van der Waals surface area contributed by atoms with Gasteiger partial charge in [-0.3, -0.25) is 4.98 Å². The number of nitrogens with zero attached hydrogens (tertiary/aromatic N) is 3. The van der Waals surface area contributed by atoms with Gasteiger partial charge in [-0.15, -0.1) is 0 Å². The summed E-state index contributed by atoms with van der Waals surface area (Å²) in [7, 11) is -1.30. The van der Waals surface area contributed by atoms with Crippen LogP contribution in [0.4, 0.5) is 5.82 Å². The number of aromatic carboxylic acids is 1. The number of aromatic nitrogens is 2. The van der Waals surface area contributed by atoms with Crippen molar-refractivity contribution in [1.82, 2.24) is 9.97 Å². The zero-order valence-corrected chi connectivity index (χ0v) is 19.2. The third-order valence-corrected chi connectivity index (χ3v) is 6.92. The van der Waals surface area contributed by atoms with Crippen molar-refractivity contribution in [3.63, 3.8) is 0 Å². The summed E-state index contributed by atoms with van der Waals surface area (Å²) >= 11 is 0. The molecule has 0 aliphatic heterocycles. The summed E-state index contributed by atoms with van der Waals surface area (Å²) in [6.45, 7) is -0.184. The Labute approximate surface area is 196 Å². The van der Waals surface area contributed by atoms with E-state index in [2.05, 4.69) is 9.97 Å². The molecule has 4 aromatic rings. The first-order valence-corrected chi connectivity index (χ1v) is 11.6. The van der Waals surface area contributed by atoms with Crippen molar-refractivity contribution in [2.24, 2.45) is 0 Å². The molecule has 10 heteroatoms. The van der Waals surface area contributed by atoms with Crippen molar-refractivity contribution in [1.29, 1.82) is 0 Å². The molecule has 0 amide bonds. The molecule has 1 N–H and O–H groups in total. The average molecular weight is 480 g/mol. The molecule has 2 aromatic carbocycles. The van der Waals surface area contributed by atoms with Gasteiger partial charge in [-0.25, -0.2) is 22.5 Å². The lowest BCUT2D eigenvalue weighted by molar-refractivity contribution is 0.0697. The van der Waals surface area contributed by atoms with E-state index < -0.39 is 16.0 Å². The molecule has 0 aliphatic carbocycles. The number of pyridine rings is 2. The van der Waals surface area contributed by atoms with E-state index >= 15 is 0 Å². The molecule has 2 aromatic heterocycles. The number of carboxylic acids is 1. The standard InChI is InChI=1S/C24H21N3O6S/c1-32-18-8-10-19(11-9-18)34(30,31)27(15-16-5-4-12-25-14-16)23-20(24(28)29)13-17-6-3-7-21(33-2)22(17)26-23/h3-14H,15H2,1-2H3,(H,28,29). The number of anilines is 1. The molecular formula is C24H21N3O6S. The van der Waals surface area contributed by atoms with Gasteiger partial charge in [0.05, 0.1) is 25.7 Å². The maximum atomic E-state index is 13.8. The lowest BCUT2D eigenvalue weighted by atomic mass is 10.1. The zero-order chi connectivity index (χ0) is 24.3. The lowest BCUT2D eigenvalue weighted by Gasteiger charge is -2.25. The minimum absolute atomic E-state index is 0.0459. The van der Waals surface area contributed by atoms with E-state index in [9.17, 15) is 18.3 Å². The minimum Gasteiger partial charge on any atom is -0.497 e. The number of benzene rings is 2. The van der Waals surface area contributed by atoms with E-state index in [0.29, 0.717) is 28.0 Å². The molecule has 0 saturated heterocycles. The second-order valence-corrected chi connectivity index (χ2v) is 9.11. The fourth-order valence-electron chi connectivity index (χ4n) is 3.48. The molecule has 34 heavy (non-hydrogen) atoms. The number of ether oxygens (including phenoxy) is 2. The van der Waals surface area contributed by atoms with E-state index in [1.54, 1.807) is 36.5 Å². The van der Waals surface area contributed by atoms with Gasteiger partial charge < -0.3 is 14.6 Å². The van der Waals surface area contributed by atoms with Crippen LogP contribution in [0.1, 0.15) is 15.9 Å². The van der Waals surface area contributed by atoms with Gasteiger partial charge in [0.1, 0.15) is 22.6 Å². The molecule has 0 saturated carbocycles. The Hall–Kier alpha value is -4.18. The second-order valence-electron chi connectivity index (χ2n) is 7.25. The Morgan fingerprint density at radius 1 is 1.03 bits per heavy atom. The highest BCUT2D eigenvalue weighted by atomic mass is 32.2. The van der Waals surface area contributed by atoms with Gasteiger partial charge in [0.2, 0.25) is 0 Å². The minimum atomic E-state index is -4.24. The van der Waals surface area contributed by atoms with Crippen LogP contribution in [0.25, 0.3) is 10.9 Å². The molecule has 0 aliphatic rings. The number of methoxy groups -OCH3 is 2. The van der Waals surface area contributed by atoms with Crippen molar-refractivity contribution in [3.8, 4) is 11.5 Å². The van der Waals surface area contributed by atoms with Crippen molar-refractivity contribution in [2.45, 2.75) is 11.4 Å². The van der Waals surface area contributed by atoms with Crippen LogP contribution in [0, 0.1) is 0 Å². The monoisotopic (exact) mass is 479 g/mol. The molecule has 9 nitrogen and oxygen atoms in total. The van der Waals surface area contributed by atoms with E-state index in [4.69, 9.17) is 9.47 Å². The van der Waals surface area contributed by atoms with Crippen LogP contribution in [0.2, 0.25) is 0 Å². The number of sulfonamides is 1. The predicted molar refractivity (Wildman–Crippen MR) is 126 cm³/mol. The first-order chi connectivity index (χ1) is 16.3. The molecule has 0 fully saturated rings. The lowest BCUT2D eigenvalue weighted by Crippen LogP contribution is -2.33. The van der Waals surface area contributed by atoms with Crippen molar-refractivity contribution >= 4 is 32.7 Å². The third kappa shape index (κ3) is 4.35. The molecule has 0 bridgehead atoms. The van der Waals surface area contributed by atoms with Gasteiger partial charge in [0.25, 0.3) is 10.0 Å². The Morgan fingerprint density at radius 3 is 2.41 bits per heavy atom. The predicted octanol–water partition coefficient (Wildman–Crippen LogP) is 3.74. The number of hydrogen-bond acceptors (Lipinski definition) is 7. The van der Waals surface area contributed by atoms with E-state index in [1.165, 1.54) is 50.7 Å². The van der Waals surface area contributed by atoms with Gasteiger partial charge in [-0.05, 0) is 48.0 Å². The van der Waals surface area contributed by atoms with Gasteiger partial charge >= 0.3 is 5.97 Å². The summed E-state index contributed by atoms with van der Waals surface area (Å²) < 4.78 is 39.1. The summed E-state index contributed by atoms with van der Waals surface area (Å²) in [4.78, 5) is 20.7. The molecule has 4 rings (SSSR count). The number of rotatable bonds is 8. The molecule has 0 atom stereocenters. The Bertz CT molecular complexity index is 1440. The summed E-state index contributed by atoms with van der Waals surface area (Å²) in [5, 5.41) is 10.5. The fraction of sp³-hybridized carbons (Fsp3) is 0.125. The van der Waals surface area contributed by atoms with Crippen LogP contribution >= 0.6 is 0 Å². The smallest absolute Gasteiger partial charge is 0.339 e. The number of carboxylic acid groups (broad SMARTS) is 1. The molecule has 0 unspecified atom stereocenters. The SMILES string of the molecule is COc1ccc(S(=O)(=O)N(Cc2cccnc2)c2nc3c(OC)cccc3cc2C(=O)O)cc1. The van der Waals surface area contributed by atoms with Gasteiger partial charge in [-0.1, -0.05) is 18.2 Å².